The molecule has 0 spiro atoms. The number of rotatable bonds is 2. The van der Waals surface area contributed by atoms with Crippen LogP contribution in [0.4, 0.5) is 8.78 Å². The van der Waals surface area contributed by atoms with Crippen LogP contribution in [0.25, 0.3) is 0 Å². The summed E-state index contributed by atoms with van der Waals surface area (Å²) < 4.78 is 25.9. The molecule has 0 unspecified atom stereocenters. The summed E-state index contributed by atoms with van der Waals surface area (Å²) in [6, 6.07) is 3.05. The van der Waals surface area contributed by atoms with E-state index in [1.807, 2.05) is 0 Å². The van der Waals surface area contributed by atoms with Gasteiger partial charge in [0, 0.05) is 12.5 Å². The zero-order valence-electron chi connectivity index (χ0n) is 7.47. The number of hydrogen-bond donors (Lipinski definition) is 0. The van der Waals surface area contributed by atoms with Crippen LogP contribution in [0.1, 0.15) is 29.3 Å². The average molecular weight is 195 g/mol. The molecule has 4 heteroatoms. The molecule has 72 valence electrons. The number of carbonyl (C=O) groups is 1. The van der Waals surface area contributed by atoms with Crippen LogP contribution in [0.2, 0.25) is 0 Å². The molecule has 0 atom stereocenters. The fraction of sp³-hybridized carbons (Fsp3) is 0.200. The van der Waals surface area contributed by atoms with Gasteiger partial charge in [-0.25, -0.2) is 8.78 Å². The first-order chi connectivity index (χ1) is 6.60. The van der Waals surface area contributed by atoms with Gasteiger partial charge in [-0.2, -0.15) is 5.26 Å². The Morgan fingerprint density at radius 3 is 2.57 bits per heavy atom. The van der Waals surface area contributed by atoms with Crippen LogP contribution in [-0.2, 0) is 0 Å². The monoisotopic (exact) mass is 195 g/mol. The van der Waals surface area contributed by atoms with Gasteiger partial charge in [-0.05, 0) is 6.07 Å². The Morgan fingerprint density at radius 2 is 2.07 bits per heavy atom. The molecule has 0 saturated heterocycles. The third kappa shape index (κ3) is 1.77. The highest BCUT2D eigenvalue weighted by molar-refractivity contribution is 5.96. The summed E-state index contributed by atoms with van der Waals surface area (Å²) in [5, 5.41) is 8.46. The second kappa shape index (κ2) is 3.97. The van der Waals surface area contributed by atoms with Crippen LogP contribution < -0.4 is 0 Å². The van der Waals surface area contributed by atoms with E-state index in [0.29, 0.717) is 6.07 Å². The molecule has 14 heavy (non-hydrogen) atoms. The third-order valence-corrected chi connectivity index (χ3v) is 1.80. The molecule has 0 N–H and O–H groups in total. The van der Waals surface area contributed by atoms with Gasteiger partial charge >= 0.3 is 0 Å². The quantitative estimate of drug-likeness (QED) is 0.680. The fourth-order valence-corrected chi connectivity index (χ4v) is 1.04. The number of nitrogens with zero attached hydrogens (tertiary/aromatic N) is 1. The van der Waals surface area contributed by atoms with Gasteiger partial charge in [0.15, 0.2) is 5.78 Å². The number of benzene rings is 1. The first-order valence-corrected chi connectivity index (χ1v) is 4.02. The highest BCUT2D eigenvalue weighted by Gasteiger charge is 2.14. The van der Waals surface area contributed by atoms with Gasteiger partial charge in [0.25, 0.3) is 0 Å². The minimum absolute atomic E-state index is 0.118. The summed E-state index contributed by atoms with van der Waals surface area (Å²) in [6.07, 6.45) is 0.118. The maximum absolute atomic E-state index is 13.0. The predicted molar refractivity (Wildman–Crippen MR) is 45.7 cm³/mol. The fourth-order valence-electron chi connectivity index (χ4n) is 1.04. The first kappa shape index (κ1) is 10.3. The average Bonchev–Trinajstić information content (AvgIpc) is 2.17. The lowest BCUT2D eigenvalue weighted by Crippen LogP contribution is -2.02. The van der Waals surface area contributed by atoms with E-state index in [4.69, 9.17) is 5.26 Å². The third-order valence-electron chi connectivity index (χ3n) is 1.80. The number of halogens is 2. The molecule has 0 aliphatic carbocycles. The lowest BCUT2D eigenvalue weighted by Gasteiger charge is -2.01. The van der Waals surface area contributed by atoms with Crippen molar-refractivity contribution in [3.05, 3.63) is 34.9 Å². The van der Waals surface area contributed by atoms with Gasteiger partial charge < -0.3 is 0 Å². The molecular formula is C10H7F2NO. The molecule has 0 fully saturated rings. The molecule has 0 heterocycles. The molecule has 0 aliphatic heterocycles. The second-order valence-electron chi connectivity index (χ2n) is 2.70. The van der Waals surface area contributed by atoms with Crippen LogP contribution in [0, 0.1) is 23.0 Å². The van der Waals surface area contributed by atoms with E-state index < -0.39 is 17.4 Å². The Balaban J connectivity index is 3.33. The summed E-state index contributed by atoms with van der Waals surface area (Å²) in [7, 11) is 0. The molecule has 1 aromatic rings. The molecule has 0 aromatic heterocycles. The molecule has 2 nitrogen and oxygen atoms in total. The van der Waals surface area contributed by atoms with E-state index in [-0.39, 0.29) is 17.5 Å². The van der Waals surface area contributed by atoms with E-state index in [9.17, 15) is 13.6 Å². The largest absolute Gasteiger partial charge is 0.294 e. The van der Waals surface area contributed by atoms with Gasteiger partial charge in [0.2, 0.25) is 0 Å². The van der Waals surface area contributed by atoms with Crippen LogP contribution in [-0.4, -0.2) is 5.78 Å². The lowest BCUT2D eigenvalue weighted by atomic mass is 10.1. The van der Waals surface area contributed by atoms with Gasteiger partial charge in [0.1, 0.15) is 17.7 Å². The van der Waals surface area contributed by atoms with Gasteiger partial charge in [-0.15, -0.1) is 0 Å². The van der Waals surface area contributed by atoms with Crippen molar-refractivity contribution >= 4 is 5.78 Å². The van der Waals surface area contributed by atoms with Crippen LogP contribution in [0.5, 0.6) is 0 Å². The summed E-state index contributed by atoms with van der Waals surface area (Å²) >= 11 is 0. The number of carbonyl (C=O) groups excluding carboxylic acids is 1. The van der Waals surface area contributed by atoms with E-state index in [0.717, 1.165) is 6.07 Å². The smallest absolute Gasteiger partial charge is 0.165 e. The van der Waals surface area contributed by atoms with E-state index in [2.05, 4.69) is 0 Å². The van der Waals surface area contributed by atoms with E-state index in [1.165, 1.54) is 0 Å². The normalized spacial score (nSPS) is 9.57. The van der Waals surface area contributed by atoms with E-state index in [1.54, 1.807) is 13.0 Å². The maximum Gasteiger partial charge on any atom is 0.165 e. The highest BCUT2D eigenvalue weighted by atomic mass is 19.1. The van der Waals surface area contributed by atoms with Crippen molar-refractivity contribution in [3.8, 4) is 6.07 Å². The van der Waals surface area contributed by atoms with Crippen molar-refractivity contribution < 1.29 is 13.6 Å². The Labute approximate surface area is 79.8 Å². The first-order valence-electron chi connectivity index (χ1n) is 4.02. The highest BCUT2D eigenvalue weighted by Crippen LogP contribution is 2.15. The van der Waals surface area contributed by atoms with Crippen molar-refractivity contribution in [1.29, 1.82) is 5.26 Å². The van der Waals surface area contributed by atoms with Gasteiger partial charge in [-0.1, -0.05) is 6.92 Å². The maximum atomic E-state index is 13.0. The van der Waals surface area contributed by atoms with Crippen LogP contribution in [0.15, 0.2) is 12.1 Å². The zero-order chi connectivity index (χ0) is 10.7. The Morgan fingerprint density at radius 1 is 1.43 bits per heavy atom. The minimum atomic E-state index is -0.947. The summed E-state index contributed by atoms with van der Waals surface area (Å²) in [5.74, 6) is -2.31. The van der Waals surface area contributed by atoms with Gasteiger partial charge in [-0.3, -0.25) is 4.79 Å². The molecule has 0 radical (unpaired) electrons. The standard InChI is InChI=1S/C10H7F2NO/c1-2-10(14)7-3-6(5-13)8(11)4-9(7)12/h3-4H,2H2,1H3. The summed E-state index contributed by atoms with van der Waals surface area (Å²) in [6.45, 7) is 1.57. The lowest BCUT2D eigenvalue weighted by molar-refractivity contribution is 0.0984. The number of hydrogen-bond acceptors (Lipinski definition) is 2. The Bertz CT molecular complexity index is 421. The molecule has 0 amide bonds. The molecule has 1 aromatic carbocycles. The van der Waals surface area contributed by atoms with Crippen LogP contribution >= 0.6 is 0 Å². The number of ketones is 1. The van der Waals surface area contributed by atoms with Crippen molar-refractivity contribution in [1.82, 2.24) is 0 Å². The Kier molecular flexibility index (Phi) is 2.92. The number of Topliss-reactive ketones (excluding diaryl/α,β-unsaturated/α-hetero) is 1. The Hall–Kier alpha value is -1.76. The topological polar surface area (TPSA) is 40.9 Å². The van der Waals surface area contributed by atoms with Gasteiger partial charge in [0.05, 0.1) is 11.1 Å². The molecular weight excluding hydrogens is 188 g/mol. The van der Waals surface area contributed by atoms with Crippen molar-refractivity contribution in [2.45, 2.75) is 13.3 Å². The summed E-state index contributed by atoms with van der Waals surface area (Å²) in [5.41, 5.74) is -0.548. The minimum Gasteiger partial charge on any atom is -0.294 e. The second-order valence-corrected chi connectivity index (χ2v) is 2.70. The SMILES string of the molecule is CCC(=O)c1cc(C#N)c(F)cc1F. The van der Waals surface area contributed by atoms with E-state index >= 15 is 0 Å². The van der Waals surface area contributed by atoms with Crippen LogP contribution in [0.3, 0.4) is 0 Å². The van der Waals surface area contributed by atoms with Crippen molar-refractivity contribution in [3.63, 3.8) is 0 Å². The zero-order valence-corrected chi connectivity index (χ0v) is 7.47. The van der Waals surface area contributed by atoms with Crippen molar-refractivity contribution in [2.75, 3.05) is 0 Å². The number of nitriles is 1. The predicted octanol–water partition coefficient (Wildman–Crippen LogP) is 2.43. The molecule has 0 bridgehead atoms. The summed E-state index contributed by atoms with van der Waals surface area (Å²) in [4.78, 5) is 11.1. The molecule has 1 rings (SSSR count). The molecule has 0 aliphatic rings. The van der Waals surface area contributed by atoms with Crippen molar-refractivity contribution in [2.24, 2.45) is 0 Å². The molecule has 0 saturated carbocycles.